The van der Waals surface area contributed by atoms with Gasteiger partial charge < -0.3 is 10.0 Å². The van der Waals surface area contributed by atoms with E-state index in [9.17, 15) is 9.59 Å². The first-order chi connectivity index (χ1) is 8.02. The third kappa shape index (κ3) is 2.17. The second kappa shape index (κ2) is 4.67. The van der Waals surface area contributed by atoms with Gasteiger partial charge in [0.1, 0.15) is 0 Å². The normalized spacial score (nSPS) is 37.4. The fourth-order valence-corrected chi connectivity index (χ4v) is 3.31. The van der Waals surface area contributed by atoms with Crippen molar-refractivity contribution in [2.24, 2.45) is 17.8 Å². The van der Waals surface area contributed by atoms with E-state index in [0.29, 0.717) is 18.9 Å². The standard InChI is InChI=1S/C13H21NO3/c1-8-4-3-5-10(8)12(15)14-7-6-11(9(14)2)13(16)17/h8-11H,3-7H2,1-2H3,(H,16,17). The van der Waals surface area contributed by atoms with Crippen molar-refractivity contribution < 1.29 is 14.7 Å². The number of hydrogen-bond acceptors (Lipinski definition) is 2. The topological polar surface area (TPSA) is 57.6 Å². The van der Waals surface area contributed by atoms with E-state index in [2.05, 4.69) is 6.92 Å². The molecule has 1 N–H and O–H groups in total. The number of nitrogens with zero attached hydrogens (tertiary/aromatic N) is 1. The summed E-state index contributed by atoms with van der Waals surface area (Å²) >= 11 is 0. The predicted molar refractivity (Wildman–Crippen MR) is 63.4 cm³/mol. The van der Waals surface area contributed by atoms with Crippen molar-refractivity contribution in [3.05, 3.63) is 0 Å². The van der Waals surface area contributed by atoms with E-state index in [1.807, 2.05) is 6.92 Å². The van der Waals surface area contributed by atoms with Gasteiger partial charge in [0.2, 0.25) is 5.91 Å². The van der Waals surface area contributed by atoms with Crippen LogP contribution in [0.25, 0.3) is 0 Å². The Morgan fingerprint density at radius 3 is 2.29 bits per heavy atom. The van der Waals surface area contributed by atoms with Gasteiger partial charge in [-0.1, -0.05) is 13.3 Å². The van der Waals surface area contributed by atoms with Crippen molar-refractivity contribution in [3.63, 3.8) is 0 Å². The number of likely N-dealkylation sites (tertiary alicyclic amines) is 1. The summed E-state index contributed by atoms with van der Waals surface area (Å²) in [5.41, 5.74) is 0. The lowest BCUT2D eigenvalue weighted by Gasteiger charge is -2.27. The van der Waals surface area contributed by atoms with Crippen molar-refractivity contribution in [1.82, 2.24) is 4.90 Å². The van der Waals surface area contributed by atoms with Gasteiger partial charge in [-0.3, -0.25) is 9.59 Å². The summed E-state index contributed by atoms with van der Waals surface area (Å²) in [6.45, 7) is 4.61. The third-order valence-electron chi connectivity index (χ3n) is 4.53. The summed E-state index contributed by atoms with van der Waals surface area (Å²) in [6.07, 6.45) is 3.83. The number of amides is 1. The van der Waals surface area contributed by atoms with Crippen LogP contribution in [0.5, 0.6) is 0 Å². The van der Waals surface area contributed by atoms with Gasteiger partial charge in [0, 0.05) is 18.5 Å². The van der Waals surface area contributed by atoms with E-state index in [-0.39, 0.29) is 23.8 Å². The van der Waals surface area contributed by atoms with Gasteiger partial charge in [0.25, 0.3) is 0 Å². The second-order valence-corrected chi connectivity index (χ2v) is 5.52. The molecule has 1 saturated carbocycles. The zero-order chi connectivity index (χ0) is 12.6. The van der Waals surface area contributed by atoms with Crippen LogP contribution in [0.1, 0.15) is 39.5 Å². The van der Waals surface area contributed by atoms with Gasteiger partial charge in [-0.05, 0) is 32.1 Å². The summed E-state index contributed by atoms with van der Waals surface area (Å²) in [7, 11) is 0. The maximum Gasteiger partial charge on any atom is 0.308 e. The van der Waals surface area contributed by atoms with Crippen LogP contribution in [0.15, 0.2) is 0 Å². The lowest BCUT2D eigenvalue weighted by molar-refractivity contribution is -0.143. The number of aliphatic carboxylic acids is 1. The Balaban J connectivity index is 2.04. The smallest absolute Gasteiger partial charge is 0.308 e. The molecular weight excluding hydrogens is 218 g/mol. The van der Waals surface area contributed by atoms with Gasteiger partial charge in [0.05, 0.1) is 5.92 Å². The molecule has 2 fully saturated rings. The summed E-state index contributed by atoms with van der Waals surface area (Å²) < 4.78 is 0. The summed E-state index contributed by atoms with van der Waals surface area (Å²) in [5.74, 6) is -0.377. The largest absolute Gasteiger partial charge is 0.481 e. The molecule has 0 bridgehead atoms. The van der Waals surface area contributed by atoms with Crippen molar-refractivity contribution in [2.45, 2.75) is 45.6 Å². The first kappa shape index (κ1) is 12.4. The molecule has 0 aromatic rings. The van der Waals surface area contributed by atoms with Gasteiger partial charge in [-0.2, -0.15) is 0 Å². The van der Waals surface area contributed by atoms with Crippen LogP contribution in [0.3, 0.4) is 0 Å². The van der Waals surface area contributed by atoms with Crippen molar-refractivity contribution in [3.8, 4) is 0 Å². The lowest BCUT2D eigenvalue weighted by Crippen LogP contribution is -2.41. The Bertz CT molecular complexity index is 329. The lowest BCUT2D eigenvalue weighted by atomic mass is 9.95. The Morgan fingerprint density at radius 2 is 1.82 bits per heavy atom. The van der Waals surface area contributed by atoms with Gasteiger partial charge in [-0.25, -0.2) is 0 Å². The van der Waals surface area contributed by atoms with Gasteiger partial charge in [0.15, 0.2) is 0 Å². The van der Waals surface area contributed by atoms with Crippen molar-refractivity contribution in [2.75, 3.05) is 6.54 Å². The molecule has 4 atom stereocenters. The number of rotatable bonds is 2. The summed E-state index contributed by atoms with van der Waals surface area (Å²) in [5, 5.41) is 9.06. The van der Waals surface area contributed by atoms with Crippen LogP contribution in [-0.2, 0) is 9.59 Å². The number of carboxylic acids is 1. The number of carboxylic acid groups (broad SMARTS) is 1. The minimum atomic E-state index is -0.771. The molecule has 4 nitrogen and oxygen atoms in total. The molecule has 17 heavy (non-hydrogen) atoms. The summed E-state index contributed by atoms with van der Waals surface area (Å²) in [6, 6.07) is -0.146. The third-order valence-corrected chi connectivity index (χ3v) is 4.53. The molecule has 2 aliphatic rings. The van der Waals surface area contributed by atoms with Gasteiger partial charge in [-0.15, -0.1) is 0 Å². The fourth-order valence-electron chi connectivity index (χ4n) is 3.31. The zero-order valence-corrected chi connectivity index (χ0v) is 10.6. The van der Waals surface area contributed by atoms with E-state index in [1.165, 1.54) is 0 Å². The van der Waals surface area contributed by atoms with E-state index >= 15 is 0 Å². The Hall–Kier alpha value is -1.06. The summed E-state index contributed by atoms with van der Waals surface area (Å²) in [4.78, 5) is 25.2. The number of carbonyl (C=O) groups excluding carboxylic acids is 1. The highest BCUT2D eigenvalue weighted by Crippen LogP contribution is 2.35. The predicted octanol–water partition coefficient (Wildman–Crippen LogP) is 1.74. The van der Waals surface area contributed by atoms with Crippen LogP contribution in [0.4, 0.5) is 0 Å². The Morgan fingerprint density at radius 1 is 1.12 bits per heavy atom. The molecule has 1 saturated heterocycles. The average Bonchev–Trinajstić information content (AvgIpc) is 2.83. The highest BCUT2D eigenvalue weighted by Gasteiger charge is 2.42. The van der Waals surface area contributed by atoms with Crippen LogP contribution < -0.4 is 0 Å². The second-order valence-electron chi connectivity index (χ2n) is 5.52. The van der Waals surface area contributed by atoms with E-state index < -0.39 is 5.97 Å². The molecule has 1 aliphatic carbocycles. The maximum atomic E-state index is 12.4. The van der Waals surface area contributed by atoms with Crippen molar-refractivity contribution >= 4 is 11.9 Å². The number of hydrogen-bond donors (Lipinski definition) is 1. The molecule has 0 radical (unpaired) electrons. The molecular formula is C13H21NO3. The van der Waals surface area contributed by atoms with E-state index in [0.717, 1.165) is 19.3 Å². The van der Waals surface area contributed by atoms with Crippen molar-refractivity contribution in [1.29, 1.82) is 0 Å². The first-order valence-corrected chi connectivity index (χ1v) is 6.55. The molecule has 4 unspecified atom stereocenters. The zero-order valence-electron chi connectivity index (χ0n) is 10.6. The monoisotopic (exact) mass is 239 g/mol. The van der Waals surface area contributed by atoms with Crippen LogP contribution in [-0.4, -0.2) is 34.5 Å². The Kier molecular flexibility index (Phi) is 3.40. The SMILES string of the molecule is CC1CCCC1C(=O)N1CCC(C(=O)O)C1C. The van der Waals surface area contributed by atoms with Crippen LogP contribution >= 0.6 is 0 Å². The minimum absolute atomic E-state index is 0.130. The van der Waals surface area contributed by atoms with E-state index in [1.54, 1.807) is 4.90 Å². The molecule has 2 rings (SSSR count). The van der Waals surface area contributed by atoms with Crippen LogP contribution in [0.2, 0.25) is 0 Å². The van der Waals surface area contributed by atoms with E-state index in [4.69, 9.17) is 5.11 Å². The highest BCUT2D eigenvalue weighted by atomic mass is 16.4. The van der Waals surface area contributed by atoms with Crippen LogP contribution in [0, 0.1) is 17.8 Å². The van der Waals surface area contributed by atoms with Gasteiger partial charge >= 0.3 is 5.97 Å². The molecule has 1 heterocycles. The molecule has 96 valence electrons. The fraction of sp³-hybridized carbons (Fsp3) is 0.846. The maximum absolute atomic E-state index is 12.4. The molecule has 0 aromatic heterocycles. The Labute approximate surface area is 102 Å². The molecule has 1 amide bonds. The first-order valence-electron chi connectivity index (χ1n) is 6.55. The molecule has 1 aliphatic heterocycles. The molecule has 0 spiro atoms. The number of carbonyl (C=O) groups is 2. The average molecular weight is 239 g/mol. The minimum Gasteiger partial charge on any atom is -0.481 e. The molecule has 0 aromatic carbocycles. The quantitative estimate of drug-likeness (QED) is 0.798. The highest BCUT2D eigenvalue weighted by molar-refractivity contribution is 5.81. The molecule has 4 heteroatoms.